The maximum atomic E-state index is 12.2. The van der Waals surface area contributed by atoms with E-state index in [0.29, 0.717) is 18.4 Å². The lowest BCUT2D eigenvalue weighted by atomic mass is 9.87. The monoisotopic (exact) mass is 413 g/mol. The van der Waals surface area contributed by atoms with Gasteiger partial charge in [0.15, 0.2) is 9.84 Å². The van der Waals surface area contributed by atoms with E-state index < -0.39 is 20.6 Å². The van der Waals surface area contributed by atoms with Crippen molar-refractivity contribution >= 4 is 42.6 Å². The van der Waals surface area contributed by atoms with E-state index in [9.17, 15) is 13.2 Å². The Balaban J connectivity index is 2.09. The van der Waals surface area contributed by atoms with Crippen LogP contribution in [0.1, 0.15) is 48.5 Å². The predicted molar refractivity (Wildman–Crippen MR) is 97.2 cm³/mol. The molecule has 5 nitrogen and oxygen atoms in total. The van der Waals surface area contributed by atoms with Gasteiger partial charge in [0.1, 0.15) is 0 Å². The molecule has 1 fully saturated rings. The molecule has 1 N–H and O–H groups in total. The largest absolute Gasteiger partial charge is 0.465 e. The SMILES string of the molecule is COC(=O)c1cc(Br)cc2c(C3CCS(=O)(=O)C(C)(C)C3)c[nH]c12. The van der Waals surface area contributed by atoms with Crippen LogP contribution in [-0.2, 0) is 14.6 Å². The van der Waals surface area contributed by atoms with Crippen LogP contribution in [0.25, 0.3) is 10.9 Å². The van der Waals surface area contributed by atoms with Gasteiger partial charge in [-0.05, 0) is 50.3 Å². The van der Waals surface area contributed by atoms with E-state index in [1.165, 1.54) is 7.11 Å². The second kappa shape index (κ2) is 5.88. The number of ether oxygens (including phenoxy) is 1. The number of nitrogens with one attached hydrogen (secondary N) is 1. The van der Waals surface area contributed by atoms with Crippen molar-refractivity contribution in [2.45, 2.75) is 37.4 Å². The standard InChI is InChI=1S/C17H20BrNO4S/c1-17(2)8-10(4-5-24(17,21)22)14-9-19-15-12(14)6-11(18)7-13(15)16(20)23-3/h6-7,9-10,19H,4-5,8H2,1-3H3. The molecule has 1 atom stereocenters. The Morgan fingerprint density at radius 2 is 2.08 bits per heavy atom. The molecule has 1 aromatic carbocycles. The molecule has 7 heteroatoms. The number of fused-ring (bicyclic) bond motifs is 1. The summed E-state index contributed by atoms with van der Waals surface area (Å²) in [6, 6.07) is 3.69. The topological polar surface area (TPSA) is 76.2 Å². The predicted octanol–water partition coefficient (Wildman–Crippen LogP) is 3.79. The molecule has 1 aliphatic rings. The van der Waals surface area contributed by atoms with Crippen LogP contribution in [0.4, 0.5) is 0 Å². The number of hydrogen-bond donors (Lipinski definition) is 1. The van der Waals surface area contributed by atoms with Crippen LogP contribution in [0.2, 0.25) is 0 Å². The number of halogens is 1. The summed E-state index contributed by atoms with van der Waals surface area (Å²) in [5, 5.41) is 0.935. The second-order valence-electron chi connectivity index (χ2n) is 6.88. The highest BCUT2D eigenvalue weighted by atomic mass is 79.9. The lowest BCUT2D eigenvalue weighted by Gasteiger charge is -2.34. The molecule has 0 amide bonds. The van der Waals surface area contributed by atoms with Gasteiger partial charge >= 0.3 is 5.97 Å². The van der Waals surface area contributed by atoms with Gasteiger partial charge in [-0.25, -0.2) is 13.2 Å². The zero-order chi connectivity index (χ0) is 17.7. The Hall–Kier alpha value is -1.34. The molecule has 1 saturated heterocycles. The molecule has 0 spiro atoms. The Kier molecular flexibility index (Phi) is 4.28. The van der Waals surface area contributed by atoms with E-state index in [-0.39, 0.29) is 11.7 Å². The number of benzene rings is 1. The summed E-state index contributed by atoms with van der Waals surface area (Å²) in [6.07, 6.45) is 3.06. The molecule has 1 aliphatic heterocycles. The summed E-state index contributed by atoms with van der Waals surface area (Å²) in [5.74, 6) is -0.0758. The lowest BCUT2D eigenvalue weighted by molar-refractivity contribution is 0.0602. The zero-order valence-corrected chi connectivity index (χ0v) is 16.3. The molecule has 0 bridgehead atoms. The number of esters is 1. The van der Waals surface area contributed by atoms with Crippen LogP contribution < -0.4 is 0 Å². The zero-order valence-electron chi connectivity index (χ0n) is 13.8. The number of carbonyl (C=O) groups is 1. The van der Waals surface area contributed by atoms with Crippen molar-refractivity contribution < 1.29 is 17.9 Å². The minimum atomic E-state index is -3.07. The summed E-state index contributed by atoms with van der Waals surface area (Å²) >= 11 is 3.45. The van der Waals surface area contributed by atoms with Gasteiger partial charge < -0.3 is 9.72 Å². The Labute approximate surface area is 149 Å². The maximum absolute atomic E-state index is 12.2. The van der Waals surface area contributed by atoms with Crippen LogP contribution in [0.15, 0.2) is 22.8 Å². The molecule has 2 heterocycles. The highest BCUT2D eigenvalue weighted by Gasteiger charge is 2.41. The Morgan fingerprint density at radius 3 is 2.71 bits per heavy atom. The van der Waals surface area contributed by atoms with Gasteiger partial charge in [0.25, 0.3) is 0 Å². The van der Waals surface area contributed by atoms with Crippen molar-refractivity contribution in [1.29, 1.82) is 0 Å². The summed E-state index contributed by atoms with van der Waals surface area (Å²) in [7, 11) is -1.71. The van der Waals surface area contributed by atoms with Gasteiger partial charge in [-0.1, -0.05) is 15.9 Å². The Bertz CT molecular complexity index is 914. The highest BCUT2D eigenvalue weighted by molar-refractivity contribution is 9.10. The van der Waals surface area contributed by atoms with Gasteiger partial charge in [0.2, 0.25) is 0 Å². The molecule has 0 saturated carbocycles. The van der Waals surface area contributed by atoms with Crippen molar-refractivity contribution in [3.8, 4) is 0 Å². The fourth-order valence-corrected chi connectivity index (χ4v) is 5.55. The van der Waals surface area contributed by atoms with E-state index in [0.717, 1.165) is 20.9 Å². The van der Waals surface area contributed by atoms with Crippen LogP contribution >= 0.6 is 15.9 Å². The number of H-pyrrole nitrogens is 1. The normalized spacial score (nSPS) is 22.4. The molecular weight excluding hydrogens is 394 g/mol. The third-order valence-electron chi connectivity index (χ3n) is 4.95. The van der Waals surface area contributed by atoms with Crippen molar-refractivity contribution in [2.24, 2.45) is 0 Å². The molecule has 1 unspecified atom stereocenters. The van der Waals surface area contributed by atoms with E-state index in [4.69, 9.17) is 4.74 Å². The van der Waals surface area contributed by atoms with Crippen LogP contribution in [0, 0.1) is 0 Å². The second-order valence-corrected chi connectivity index (χ2v) is 10.5. The van der Waals surface area contributed by atoms with E-state index in [1.54, 1.807) is 19.9 Å². The van der Waals surface area contributed by atoms with Crippen molar-refractivity contribution in [2.75, 3.05) is 12.9 Å². The summed E-state index contributed by atoms with van der Waals surface area (Å²) in [5.41, 5.74) is 2.25. The highest BCUT2D eigenvalue weighted by Crippen LogP contribution is 2.42. The smallest absolute Gasteiger partial charge is 0.340 e. The van der Waals surface area contributed by atoms with E-state index >= 15 is 0 Å². The number of methoxy groups -OCH3 is 1. The number of sulfone groups is 1. The lowest BCUT2D eigenvalue weighted by Crippen LogP contribution is -2.40. The van der Waals surface area contributed by atoms with Crippen LogP contribution in [0.3, 0.4) is 0 Å². The summed E-state index contributed by atoms with van der Waals surface area (Å²) in [4.78, 5) is 15.2. The van der Waals surface area contributed by atoms with Crippen LogP contribution in [-0.4, -0.2) is 37.0 Å². The maximum Gasteiger partial charge on any atom is 0.340 e. The first kappa shape index (κ1) is 17.5. The average molecular weight is 414 g/mol. The third kappa shape index (κ3) is 2.77. The van der Waals surface area contributed by atoms with Gasteiger partial charge in [0, 0.05) is 16.1 Å². The molecule has 1 aromatic heterocycles. The van der Waals surface area contributed by atoms with Gasteiger partial charge in [0.05, 0.1) is 28.7 Å². The van der Waals surface area contributed by atoms with Crippen LogP contribution in [0.5, 0.6) is 0 Å². The number of rotatable bonds is 2. The number of aromatic nitrogens is 1. The van der Waals surface area contributed by atoms with Gasteiger partial charge in [-0.3, -0.25) is 0 Å². The molecule has 2 aromatic rings. The van der Waals surface area contributed by atoms with E-state index in [1.807, 2.05) is 12.3 Å². The average Bonchev–Trinajstić information content (AvgIpc) is 2.92. The minimum absolute atomic E-state index is 0.136. The summed E-state index contributed by atoms with van der Waals surface area (Å²) in [6.45, 7) is 3.58. The molecule has 24 heavy (non-hydrogen) atoms. The van der Waals surface area contributed by atoms with Crippen molar-refractivity contribution in [3.63, 3.8) is 0 Å². The number of carbonyl (C=O) groups excluding carboxylic acids is 1. The first-order chi connectivity index (χ1) is 11.2. The minimum Gasteiger partial charge on any atom is -0.465 e. The fraction of sp³-hybridized carbons (Fsp3) is 0.471. The Morgan fingerprint density at radius 1 is 1.38 bits per heavy atom. The summed E-state index contributed by atoms with van der Waals surface area (Å²) < 4.78 is 29.4. The molecular formula is C17H20BrNO4S. The first-order valence-electron chi connectivity index (χ1n) is 7.77. The van der Waals surface area contributed by atoms with Gasteiger partial charge in [-0.15, -0.1) is 0 Å². The third-order valence-corrected chi connectivity index (χ3v) is 8.03. The molecule has 0 radical (unpaired) electrons. The first-order valence-corrected chi connectivity index (χ1v) is 10.2. The fourth-order valence-electron chi connectivity index (χ4n) is 3.49. The van der Waals surface area contributed by atoms with Crippen molar-refractivity contribution in [3.05, 3.63) is 33.9 Å². The van der Waals surface area contributed by atoms with Crippen molar-refractivity contribution in [1.82, 2.24) is 4.98 Å². The quantitative estimate of drug-likeness (QED) is 0.759. The molecule has 0 aliphatic carbocycles. The molecule has 3 rings (SSSR count). The number of hydrogen-bond acceptors (Lipinski definition) is 4. The van der Waals surface area contributed by atoms with E-state index in [2.05, 4.69) is 20.9 Å². The molecule has 130 valence electrons. The van der Waals surface area contributed by atoms with Gasteiger partial charge in [-0.2, -0.15) is 0 Å². The number of aromatic amines is 1.